The first kappa shape index (κ1) is 21.8. The highest BCUT2D eigenvalue weighted by atomic mass is 15.3. The maximum Gasteiger partial charge on any atom is 0.0351 e. The average molecular weight is 444 g/mol. The van der Waals surface area contributed by atoms with Crippen molar-refractivity contribution in [3.63, 3.8) is 0 Å². The first-order valence-corrected chi connectivity index (χ1v) is 13.5. The van der Waals surface area contributed by atoms with E-state index in [1.165, 1.54) is 75.8 Å². The molecule has 2 aromatic rings. The van der Waals surface area contributed by atoms with E-state index in [9.17, 15) is 0 Å². The normalized spacial score (nSPS) is 35.2. The van der Waals surface area contributed by atoms with Crippen molar-refractivity contribution in [2.24, 2.45) is 11.8 Å². The molecular formula is C30H41N3. The van der Waals surface area contributed by atoms with Gasteiger partial charge in [0, 0.05) is 36.6 Å². The van der Waals surface area contributed by atoms with E-state index in [1.54, 1.807) is 11.1 Å². The summed E-state index contributed by atoms with van der Waals surface area (Å²) in [4.78, 5) is 5.89. The average Bonchev–Trinajstić information content (AvgIpc) is 3.42. The molecule has 4 atom stereocenters. The third-order valence-corrected chi connectivity index (χ3v) is 9.32. The van der Waals surface area contributed by atoms with Crippen molar-refractivity contribution in [1.29, 1.82) is 0 Å². The molecule has 3 nitrogen and oxygen atoms in total. The van der Waals surface area contributed by atoms with Crippen LogP contribution in [0.25, 0.3) is 0 Å². The van der Waals surface area contributed by atoms with Crippen molar-refractivity contribution in [2.45, 2.75) is 76.5 Å². The molecular weight excluding hydrogens is 402 g/mol. The van der Waals surface area contributed by atoms with E-state index in [-0.39, 0.29) is 0 Å². The highest BCUT2D eigenvalue weighted by molar-refractivity contribution is 5.27. The number of aryl methyl sites for hydroxylation is 2. The van der Waals surface area contributed by atoms with Gasteiger partial charge >= 0.3 is 0 Å². The Morgan fingerprint density at radius 1 is 0.667 bits per heavy atom. The molecule has 0 spiro atoms. The minimum absolute atomic E-state index is 0.613. The molecule has 7 rings (SSSR count). The van der Waals surface area contributed by atoms with Crippen LogP contribution in [0.2, 0.25) is 0 Å². The van der Waals surface area contributed by atoms with Crippen LogP contribution in [0.5, 0.6) is 0 Å². The van der Waals surface area contributed by atoms with Gasteiger partial charge in [0.15, 0.2) is 0 Å². The molecule has 4 aliphatic heterocycles. The highest BCUT2D eigenvalue weighted by Crippen LogP contribution is 2.46. The van der Waals surface area contributed by atoms with Gasteiger partial charge in [-0.1, -0.05) is 59.7 Å². The van der Waals surface area contributed by atoms with Crippen molar-refractivity contribution in [2.75, 3.05) is 26.2 Å². The van der Waals surface area contributed by atoms with E-state index in [0.717, 1.165) is 23.9 Å². The minimum atomic E-state index is 0.613. The Morgan fingerprint density at radius 2 is 1.15 bits per heavy atom. The van der Waals surface area contributed by atoms with E-state index in [2.05, 4.69) is 77.5 Å². The van der Waals surface area contributed by atoms with Gasteiger partial charge in [-0.2, -0.15) is 0 Å². The molecule has 4 unspecified atom stereocenters. The second-order valence-corrected chi connectivity index (χ2v) is 11.4. The lowest BCUT2D eigenvalue weighted by Crippen LogP contribution is -2.55. The molecule has 2 bridgehead atoms. The number of hydrogen-bond donors (Lipinski definition) is 1. The minimum Gasteiger partial charge on any atom is -0.316 e. The summed E-state index contributed by atoms with van der Waals surface area (Å²) in [7, 11) is 0. The fourth-order valence-electron chi connectivity index (χ4n) is 7.71. The fourth-order valence-corrected chi connectivity index (χ4v) is 7.71. The molecule has 3 heteroatoms. The summed E-state index contributed by atoms with van der Waals surface area (Å²) in [6, 6.07) is 21.5. The Morgan fingerprint density at radius 3 is 1.64 bits per heavy atom. The maximum atomic E-state index is 3.89. The van der Waals surface area contributed by atoms with E-state index in [1.807, 2.05) is 0 Å². The van der Waals surface area contributed by atoms with Crippen molar-refractivity contribution in [3.8, 4) is 0 Å². The van der Waals surface area contributed by atoms with Crippen molar-refractivity contribution in [1.82, 2.24) is 15.1 Å². The smallest absolute Gasteiger partial charge is 0.0351 e. The van der Waals surface area contributed by atoms with Gasteiger partial charge in [0.25, 0.3) is 0 Å². The van der Waals surface area contributed by atoms with Gasteiger partial charge in [-0.15, -0.1) is 0 Å². The number of rotatable bonds is 4. The number of likely N-dealkylation sites (tertiary alicyclic amines) is 2. The molecule has 0 radical (unpaired) electrons. The third-order valence-electron chi connectivity index (χ3n) is 9.32. The van der Waals surface area contributed by atoms with Crippen LogP contribution in [0.1, 0.15) is 72.9 Å². The molecule has 1 saturated carbocycles. The Hall–Kier alpha value is -1.68. The first-order chi connectivity index (χ1) is 16.2. The van der Waals surface area contributed by atoms with Gasteiger partial charge in [-0.25, -0.2) is 0 Å². The van der Waals surface area contributed by atoms with Crippen LogP contribution in [-0.2, 0) is 0 Å². The summed E-state index contributed by atoms with van der Waals surface area (Å²) in [5.74, 6) is 1.55. The van der Waals surface area contributed by atoms with Gasteiger partial charge in [-0.05, 0) is 89.1 Å². The van der Waals surface area contributed by atoms with Crippen LogP contribution in [0.3, 0.4) is 0 Å². The molecule has 33 heavy (non-hydrogen) atoms. The lowest BCUT2D eigenvalue weighted by Gasteiger charge is -2.49. The fraction of sp³-hybridized carbons (Fsp3) is 0.600. The van der Waals surface area contributed by atoms with Crippen LogP contribution in [-0.4, -0.2) is 48.1 Å². The quantitative estimate of drug-likeness (QED) is 0.659. The van der Waals surface area contributed by atoms with E-state index in [4.69, 9.17) is 0 Å². The summed E-state index contributed by atoms with van der Waals surface area (Å²) in [6.07, 6.45) is 8.12. The molecule has 4 saturated heterocycles. The number of fused-ring (bicyclic) bond motifs is 4. The molecule has 2 aromatic carbocycles. The van der Waals surface area contributed by atoms with Crippen molar-refractivity contribution >= 4 is 0 Å². The van der Waals surface area contributed by atoms with Crippen LogP contribution in [0.4, 0.5) is 0 Å². The molecule has 1 aliphatic carbocycles. The van der Waals surface area contributed by atoms with Gasteiger partial charge in [0.1, 0.15) is 0 Å². The Balaban J connectivity index is 1.28. The molecule has 0 amide bonds. The van der Waals surface area contributed by atoms with E-state index >= 15 is 0 Å². The van der Waals surface area contributed by atoms with Gasteiger partial charge in [0.05, 0.1) is 0 Å². The molecule has 5 aliphatic rings. The monoisotopic (exact) mass is 443 g/mol. The molecule has 0 aromatic heterocycles. The zero-order valence-corrected chi connectivity index (χ0v) is 20.5. The van der Waals surface area contributed by atoms with Gasteiger partial charge in [-0.3, -0.25) is 9.80 Å². The SMILES string of the molecule is Cc1ccc(C2CCCN2C2CC3CNCC2C(N2CCCC2c2ccc(C)cc2)C3)cc1. The largest absolute Gasteiger partial charge is 0.316 e. The number of benzene rings is 2. The number of nitrogens with zero attached hydrogens (tertiary/aromatic N) is 2. The predicted octanol–water partition coefficient (Wildman–Crippen LogP) is 5.64. The van der Waals surface area contributed by atoms with Crippen LogP contribution in [0.15, 0.2) is 48.5 Å². The zero-order chi connectivity index (χ0) is 22.4. The van der Waals surface area contributed by atoms with Crippen molar-refractivity contribution < 1.29 is 0 Å². The lowest BCUT2D eigenvalue weighted by atomic mass is 9.74. The summed E-state index contributed by atoms with van der Waals surface area (Å²) in [5, 5.41) is 3.89. The first-order valence-electron chi connectivity index (χ1n) is 13.5. The second-order valence-electron chi connectivity index (χ2n) is 11.4. The van der Waals surface area contributed by atoms with Gasteiger partial charge in [0.2, 0.25) is 0 Å². The zero-order valence-electron chi connectivity index (χ0n) is 20.5. The molecule has 1 N–H and O–H groups in total. The van der Waals surface area contributed by atoms with Crippen LogP contribution >= 0.6 is 0 Å². The molecule has 5 fully saturated rings. The summed E-state index contributed by atoms with van der Waals surface area (Å²) >= 11 is 0. The Bertz CT molecular complexity index is 863. The number of nitrogens with one attached hydrogen (secondary N) is 1. The molecule has 4 heterocycles. The standard InChI is InChI=1S/C30H41N3/c1-21-7-11-24(12-8-21)27-5-3-15-32(27)29-17-23-18-30(26(29)20-31-19-23)33-16-4-6-28(33)25-13-9-22(2)10-14-25/h7-14,23,26-31H,3-6,15-20H2,1-2H3. The summed E-state index contributed by atoms with van der Waals surface area (Å²) in [6.45, 7) is 9.38. The summed E-state index contributed by atoms with van der Waals surface area (Å²) < 4.78 is 0. The van der Waals surface area contributed by atoms with E-state index < -0.39 is 0 Å². The maximum absolute atomic E-state index is 3.89. The Kier molecular flexibility index (Phi) is 6.06. The Labute approximate surface area is 200 Å². The van der Waals surface area contributed by atoms with Crippen LogP contribution in [0, 0.1) is 25.7 Å². The molecule has 176 valence electrons. The summed E-state index contributed by atoms with van der Waals surface area (Å²) in [5.41, 5.74) is 5.83. The highest BCUT2D eigenvalue weighted by Gasteiger charge is 2.48. The lowest BCUT2D eigenvalue weighted by molar-refractivity contribution is 0.00803. The van der Waals surface area contributed by atoms with E-state index in [0.29, 0.717) is 12.1 Å². The van der Waals surface area contributed by atoms with Gasteiger partial charge < -0.3 is 5.32 Å². The topological polar surface area (TPSA) is 18.5 Å². The number of hydrogen-bond acceptors (Lipinski definition) is 3. The second kappa shape index (κ2) is 9.17. The van der Waals surface area contributed by atoms with Crippen LogP contribution < -0.4 is 5.32 Å². The predicted molar refractivity (Wildman–Crippen MR) is 136 cm³/mol. The van der Waals surface area contributed by atoms with Crippen molar-refractivity contribution in [3.05, 3.63) is 70.8 Å². The third kappa shape index (κ3) is 4.17.